The Kier molecular flexibility index (Phi) is 3.91. The minimum atomic E-state index is -3.49. The topological polar surface area (TPSA) is 57.7 Å². The predicted molar refractivity (Wildman–Crippen MR) is 71.9 cm³/mol. The van der Waals surface area contributed by atoms with Crippen LogP contribution in [0.2, 0.25) is 0 Å². The van der Waals surface area contributed by atoms with E-state index in [2.05, 4.69) is 0 Å². The molecule has 0 aliphatic carbocycles. The van der Waals surface area contributed by atoms with Crippen LogP contribution in [0.1, 0.15) is 18.9 Å². The van der Waals surface area contributed by atoms with Gasteiger partial charge in [-0.05, 0) is 19.1 Å². The second-order valence-corrected chi connectivity index (χ2v) is 6.58. The van der Waals surface area contributed by atoms with Crippen LogP contribution in [0.15, 0.2) is 29.2 Å². The summed E-state index contributed by atoms with van der Waals surface area (Å²) < 4.78 is 26.1. The van der Waals surface area contributed by atoms with Crippen molar-refractivity contribution in [2.45, 2.75) is 25.2 Å². The molecule has 0 N–H and O–H groups in total. The summed E-state index contributed by atoms with van der Waals surface area (Å²) >= 11 is 0. The first-order chi connectivity index (χ1) is 8.95. The molecule has 1 heterocycles. The van der Waals surface area contributed by atoms with E-state index in [1.54, 1.807) is 36.1 Å². The lowest BCUT2D eigenvalue weighted by atomic mass is 10.2. The molecule has 1 aromatic rings. The molecular formula is C13H18N2O3S. The summed E-state index contributed by atoms with van der Waals surface area (Å²) in [4.78, 5) is 13.4. The van der Waals surface area contributed by atoms with Crippen molar-refractivity contribution in [2.24, 2.45) is 0 Å². The van der Waals surface area contributed by atoms with E-state index in [1.165, 1.54) is 4.31 Å². The van der Waals surface area contributed by atoms with Crippen molar-refractivity contribution in [2.75, 3.05) is 19.8 Å². The van der Waals surface area contributed by atoms with Crippen molar-refractivity contribution in [3.63, 3.8) is 0 Å². The zero-order valence-corrected chi connectivity index (χ0v) is 12.0. The molecule has 0 aromatic heterocycles. The number of benzene rings is 1. The fourth-order valence-electron chi connectivity index (χ4n) is 2.05. The molecule has 19 heavy (non-hydrogen) atoms. The molecule has 0 spiro atoms. The third kappa shape index (κ3) is 2.79. The third-order valence-corrected chi connectivity index (χ3v) is 5.11. The summed E-state index contributed by atoms with van der Waals surface area (Å²) in [5.74, 6) is -0.0124. The number of sulfonamides is 1. The summed E-state index contributed by atoms with van der Waals surface area (Å²) in [5, 5.41) is 0. The lowest BCUT2D eigenvalue weighted by Gasteiger charge is -2.18. The van der Waals surface area contributed by atoms with Crippen LogP contribution in [-0.2, 0) is 14.8 Å². The molecule has 1 aliphatic heterocycles. The summed E-state index contributed by atoms with van der Waals surface area (Å²) in [7, 11) is -3.49. The highest BCUT2D eigenvalue weighted by molar-refractivity contribution is 7.89. The van der Waals surface area contributed by atoms with Crippen LogP contribution >= 0.6 is 0 Å². The highest BCUT2D eigenvalue weighted by Gasteiger charge is 2.32. The van der Waals surface area contributed by atoms with Crippen molar-refractivity contribution >= 4 is 15.9 Å². The number of hydrogen-bond donors (Lipinski definition) is 0. The fraction of sp³-hybridized carbons (Fsp3) is 0.462. The van der Waals surface area contributed by atoms with Gasteiger partial charge in [-0.25, -0.2) is 8.42 Å². The molecule has 0 bridgehead atoms. The molecule has 1 aliphatic rings. The Hall–Kier alpha value is -1.40. The molecule has 1 amide bonds. The Bertz CT molecular complexity index is 566. The molecule has 0 saturated carbocycles. The van der Waals surface area contributed by atoms with Crippen LogP contribution in [0.4, 0.5) is 0 Å². The van der Waals surface area contributed by atoms with Crippen LogP contribution in [0.25, 0.3) is 0 Å². The zero-order valence-electron chi connectivity index (χ0n) is 11.2. The predicted octanol–water partition coefficient (Wildman–Crippen LogP) is 1.20. The van der Waals surface area contributed by atoms with Gasteiger partial charge in [0.25, 0.3) is 0 Å². The van der Waals surface area contributed by atoms with Gasteiger partial charge in [0.05, 0.1) is 11.6 Å². The normalized spacial score (nSPS) is 16.8. The van der Waals surface area contributed by atoms with Crippen LogP contribution in [0.5, 0.6) is 0 Å². The minimum Gasteiger partial charge on any atom is -0.327 e. The largest absolute Gasteiger partial charge is 0.327 e. The first-order valence-corrected chi connectivity index (χ1v) is 7.73. The van der Waals surface area contributed by atoms with Crippen molar-refractivity contribution < 1.29 is 13.2 Å². The second kappa shape index (κ2) is 5.30. The van der Waals surface area contributed by atoms with Crippen molar-refractivity contribution in [3.05, 3.63) is 29.8 Å². The number of rotatable bonds is 3. The molecule has 1 saturated heterocycles. The number of hydrogen-bond acceptors (Lipinski definition) is 3. The standard InChI is InChI=1S/C13H18N2O3S/c1-3-13(16)14-8-9-15(10-14)19(17,18)12-6-4-11(2)5-7-12/h4-7H,3,8-10H2,1-2H3. The molecule has 2 rings (SSSR count). The van der Waals surface area contributed by atoms with Crippen molar-refractivity contribution in [1.29, 1.82) is 0 Å². The first kappa shape index (κ1) is 14.0. The van der Waals surface area contributed by atoms with Gasteiger partial charge in [0.1, 0.15) is 0 Å². The van der Waals surface area contributed by atoms with Gasteiger partial charge in [-0.15, -0.1) is 0 Å². The van der Waals surface area contributed by atoms with Gasteiger partial charge in [0, 0.05) is 19.5 Å². The molecule has 104 valence electrons. The van der Waals surface area contributed by atoms with Gasteiger partial charge in [-0.3, -0.25) is 4.79 Å². The van der Waals surface area contributed by atoms with Crippen molar-refractivity contribution in [3.8, 4) is 0 Å². The van der Waals surface area contributed by atoms with Gasteiger partial charge in [-0.2, -0.15) is 4.31 Å². The summed E-state index contributed by atoms with van der Waals surface area (Å²) in [6.45, 7) is 4.68. The van der Waals surface area contributed by atoms with Crippen LogP contribution < -0.4 is 0 Å². The molecular weight excluding hydrogens is 264 g/mol. The number of amides is 1. The zero-order chi connectivity index (χ0) is 14.0. The molecule has 1 aromatic carbocycles. The highest BCUT2D eigenvalue weighted by Crippen LogP contribution is 2.20. The van der Waals surface area contributed by atoms with Crippen LogP contribution in [0.3, 0.4) is 0 Å². The molecule has 0 atom stereocenters. The lowest BCUT2D eigenvalue weighted by Crippen LogP contribution is -2.33. The number of carbonyl (C=O) groups excluding carboxylic acids is 1. The van der Waals surface area contributed by atoms with Gasteiger partial charge in [0.2, 0.25) is 15.9 Å². The monoisotopic (exact) mass is 282 g/mol. The maximum atomic E-state index is 12.4. The van der Waals surface area contributed by atoms with Gasteiger partial charge in [0.15, 0.2) is 0 Å². The summed E-state index contributed by atoms with van der Waals surface area (Å²) in [5.41, 5.74) is 1.02. The summed E-state index contributed by atoms with van der Waals surface area (Å²) in [6, 6.07) is 6.76. The fourth-order valence-corrected chi connectivity index (χ4v) is 3.44. The number of carbonyl (C=O) groups is 1. The van der Waals surface area contributed by atoms with Crippen LogP contribution in [0, 0.1) is 6.92 Å². The van der Waals surface area contributed by atoms with E-state index in [0.717, 1.165) is 5.56 Å². The van der Waals surface area contributed by atoms with Gasteiger partial charge >= 0.3 is 0 Å². The van der Waals surface area contributed by atoms with E-state index in [9.17, 15) is 13.2 Å². The van der Waals surface area contributed by atoms with Gasteiger partial charge in [-0.1, -0.05) is 24.6 Å². The van der Waals surface area contributed by atoms with E-state index >= 15 is 0 Å². The Labute approximate surface area is 113 Å². The molecule has 5 nitrogen and oxygen atoms in total. The van der Waals surface area contributed by atoms with E-state index in [4.69, 9.17) is 0 Å². The van der Waals surface area contributed by atoms with Crippen molar-refractivity contribution in [1.82, 2.24) is 9.21 Å². The molecule has 0 radical (unpaired) electrons. The maximum Gasteiger partial charge on any atom is 0.244 e. The molecule has 6 heteroatoms. The highest BCUT2D eigenvalue weighted by atomic mass is 32.2. The van der Waals surface area contributed by atoms with E-state index in [1.807, 2.05) is 6.92 Å². The average molecular weight is 282 g/mol. The lowest BCUT2D eigenvalue weighted by molar-refractivity contribution is -0.130. The SMILES string of the molecule is CCC(=O)N1CCN(S(=O)(=O)c2ccc(C)cc2)C1. The quantitative estimate of drug-likeness (QED) is 0.837. The van der Waals surface area contributed by atoms with E-state index in [-0.39, 0.29) is 17.5 Å². The smallest absolute Gasteiger partial charge is 0.244 e. The summed E-state index contributed by atoms with van der Waals surface area (Å²) in [6.07, 6.45) is 0.401. The second-order valence-electron chi connectivity index (χ2n) is 4.65. The first-order valence-electron chi connectivity index (χ1n) is 6.29. The van der Waals surface area contributed by atoms with Crippen LogP contribution in [-0.4, -0.2) is 43.3 Å². The number of nitrogens with zero attached hydrogens (tertiary/aromatic N) is 2. The Morgan fingerprint density at radius 2 is 1.84 bits per heavy atom. The van der Waals surface area contributed by atoms with Gasteiger partial charge < -0.3 is 4.90 Å². The maximum absolute atomic E-state index is 12.4. The van der Waals surface area contributed by atoms with E-state index in [0.29, 0.717) is 19.5 Å². The Morgan fingerprint density at radius 1 is 1.21 bits per heavy atom. The third-order valence-electron chi connectivity index (χ3n) is 3.26. The molecule has 0 unspecified atom stereocenters. The van der Waals surface area contributed by atoms with E-state index < -0.39 is 10.0 Å². The Balaban J connectivity index is 2.18. The minimum absolute atomic E-state index is 0.0124. The Morgan fingerprint density at radius 3 is 2.42 bits per heavy atom. The number of aryl methyl sites for hydroxylation is 1. The molecule has 1 fully saturated rings. The average Bonchev–Trinajstić information content (AvgIpc) is 2.88.